The van der Waals surface area contributed by atoms with Gasteiger partial charge in [-0.05, 0) is 44.0 Å². The predicted octanol–water partition coefficient (Wildman–Crippen LogP) is 2.71. The van der Waals surface area contributed by atoms with Crippen molar-refractivity contribution < 1.29 is 14.3 Å². The number of aryl methyl sites for hydroxylation is 2. The van der Waals surface area contributed by atoms with Crippen molar-refractivity contribution in [2.45, 2.75) is 25.9 Å². The van der Waals surface area contributed by atoms with Crippen LogP contribution in [0.25, 0.3) is 5.69 Å². The molecule has 0 aliphatic carbocycles. The molecule has 27 heavy (non-hydrogen) atoms. The second-order valence-corrected chi connectivity index (χ2v) is 7.14. The van der Waals surface area contributed by atoms with Gasteiger partial charge in [0.1, 0.15) is 0 Å². The first-order valence-electron chi connectivity index (χ1n) is 8.66. The third kappa shape index (κ3) is 4.51. The lowest BCUT2D eigenvalue weighted by atomic mass is 10.1. The van der Waals surface area contributed by atoms with Crippen molar-refractivity contribution in [1.82, 2.24) is 20.2 Å². The molecule has 2 N–H and O–H groups in total. The van der Waals surface area contributed by atoms with Crippen LogP contribution < -0.4 is 10.6 Å². The first kappa shape index (κ1) is 19.0. The SMILES string of the molecule is CCOC(=O)C1=C(CSc2nccn2-c2cc(C)cc(C)c2)NC(=O)NC1. The molecule has 0 spiro atoms. The quantitative estimate of drug-likeness (QED) is 0.589. The highest BCUT2D eigenvalue weighted by Crippen LogP contribution is 2.24. The molecule has 1 aliphatic rings. The minimum Gasteiger partial charge on any atom is -0.463 e. The summed E-state index contributed by atoms with van der Waals surface area (Å²) in [4.78, 5) is 28.2. The predicted molar refractivity (Wildman–Crippen MR) is 104 cm³/mol. The lowest BCUT2D eigenvalue weighted by molar-refractivity contribution is -0.138. The molecule has 1 aromatic carbocycles. The molecule has 8 heteroatoms. The second-order valence-electron chi connectivity index (χ2n) is 6.20. The summed E-state index contributed by atoms with van der Waals surface area (Å²) >= 11 is 1.45. The lowest BCUT2D eigenvalue weighted by Gasteiger charge is -2.21. The van der Waals surface area contributed by atoms with Crippen molar-refractivity contribution in [1.29, 1.82) is 0 Å². The number of rotatable bonds is 6. The Bertz CT molecular complexity index is 884. The number of nitrogens with one attached hydrogen (secondary N) is 2. The van der Waals surface area contributed by atoms with E-state index < -0.39 is 5.97 Å². The summed E-state index contributed by atoms with van der Waals surface area (Å²) in [6, 6.07) is 5.98. The van der Waals surface area contributed by atoms with E-state index in [1.165, 1.54) is 22.9 Å². The maximum atomic E-state index is 12.1. The summed E-state index contributed by atoms with van der Waals surface area (Å²) in [5, 5.41) is 6.10. The number of hydrogen-bond acceptors (Lipinski definition) is 5. The van der Waals surface area contributed by atoms with Gasteiger partial charge < -0.3 is 15.4 Å². The van der Waals surface area contributed by atoms with Crippen LogP contribution in [0.2, 0.25) is 0 Å². The van der Waals surface area contributed by atoms with Crippen LogP contribution in [0, 0.1) is 13.8 Å². The molecule has 2 heterocycles. The number of amides is 2. The zero-order chi connectivity index (χ0) is 19.4. The van der Waals surface area contributed by atoms with Gasteiger partial charge in [-0.15, -0.1) is 0 Å². The third-order valence-electron chi connectivity index (χ3n) is 4.01. The number of benzene rings is 1. The van der Waals surface area contributed by atoms with Crippen molar-refractivity contribution in [2.24, 2.45) is 0 Å². The first-order valence-corrected chi connectivity index (χ1v) is 9.65. The zero-order valence-corrected chi connectivity index (χ0v) is 16.4. The molecule has 1 aliphatic heterocycles. The minimum atomic E-state index is -0.418. The van der Waals surface area contributed by atoms with Crippen LogP contribution in [-0.4, -0.2) is 40.5 Å². The fourth-order valence-corrected chi connectivity index (χ4v) is 3.85. The van der Waals surface area contributed by atoms with Gasteiger partial charge in [0.25, 0.3) is 0 Å². The largest absolute Gasteiger partial charge is 0.463 e. The Labute approximate surface area is 162 Å². The van der Waals surface area contributed by atoms with Crippen molar-refractivity contribution in [3.63, 3.8) is 0 Å². The van der Waals surface area contributed by atoms with Crippen LogP contribution in [0.1, 0.15) is 18.1 Å². The van der Waals surface area contributed by atoms with Gasteiger partial charge in [-0.25, -0.2) is 14.6 Å². The van der Waals surface area contributed by atoms with E-state index in [9.17, 15) is 9.59 Å². The number of imidazole rings is 1. The van der Waals surface area contributed by atoms with Gasteiger partial charge in [0, 0.05) is 29.5 Å². The van der Waals surface area contributed by atoms with Gasteiger partial charge in [-0.2, -0.15) is 0 Å². The highest BCUT2D eigenvalue weighted by Gasteiger charge is 2.24. The van der Waals surface area contributed by atoms with Crippen LogP contribution >= 0.6 is 11.8 Å². The monoisotopic (exact) mass is 386 g/mol. The summed E-state index contributed by atoms with van der Waals surface area (Å²) in [6.07, 6.45) is 3.64. The summed E-state index contributed by atoms with van der Waals surface area (Å²) in [7, 11) is 0. The second kappa shape index (κ2) is 8.30. The molecular formula is C19H22N4O3S. The molecular weight excluding hydrogens is 364 g/mol. The van der Waals surface area contributed by atoms with Crippen LogP contribution in [0.15, 0.2) is 47.0 Å². The normalized spacial score (nSPS) is 14.0. The number of esters is 1. The zero-order valence-electron chi connectivity index (χ0n) is 15.5. The third-order valence-corrected chi connectivity index (χ3v) is 5.01. The Morgan fingerprint density at radius 1 is 1.30 bits per heavy atom. The van der Waals surface area contributed by atoms with Gasteiger partial charge in [0.2, 0.25) is 0 Å². The van der Waals surface area contributed by atoms with Gasteiger partial charge in [-0.3, -0.25) is 4.57 Å². The van der Waals surface area contributed by atoms with E-state index in [0.717, 1.165) is 10.8 Å². The van der Waals surface area contributed by atoms with Crippen LogP contribution in [0.5, 0.6) is 0 Å². The number of thioether (sulfide) groups is 1. The summed E-state index contributed by atoms with van der Waals surface area (Å²) < 4.78 is 7.08. The molecule has 1 aromatic heterocycles. The molecule has 142 valence electrons. The Balaban J connectivity index is 1.83. The van der Waals surface area contributed by atoms with Gasteiger partial charge in [0.05, 0.1) is 18.7 Å². The van der Waals surface area contributed by atoms with E-state index >= 15 is 0 Å². The van der Waals surface area contributed by atoms with E-state index in [1.54, 1.807) is 13.1 Å². The van der Waals surface area contributed by atoms with Crippen molar-refractivity contribution in [3.8, 4) is 5.69 Å². The standard InChI is InChI=1S/C19H22N4O3S/c1-4-26-17(24)15-10-21-18(25)22-16(15)11-27-19-20-5-6-23(19)14-8-12(2)7-13(3)9-14/h5-9H,4,10-11H2,1-3H3,(H2,21,22,25). The van der Waals surface area contributed by atoms with Crippen molar-refractivity contribution in [3.05, 3.63) is 53.0 Å². The Kier molecular flexibility index (Phi) is 5.85. The molecule has 0 atom stereocenters. The van der Waals surface area contributed by atoms with E-state index in [1.807, 2.05) is 10.8 Å². The Morgan fingerprint density at radius 3 is 2.74 bits per heavy atom. The number of hydrogen-bond donors (Lipinski definition) is 2. The summed E-state index contributed by atoms with van der Waals surface area (Å²) in [5.41, 5.74) is 4.37. The topological polar surface area (TPSA) is 85.2 Å². The lowest BCUT2D eigenvalue weighted by Crippen LogP contribution is -2.44. The van der Waals surface area contributed by atoms with Gasteiger partial charge >= 0.3 is 12.0 Å². The van der Waals surface area contributed by atoms with Gasteiger partial charge in [0.15, 0.2) is 5.16 Å². The summed E-state index contributed by atoms with van der Waals surface area (Å²) in [5.74, 6) is -0.0122. The van der Waals surface area contributed by atoms with Crippen LogP contribution in [0.4, 0.5) is 4.79 Å². The number of carbonyl (C=O) groups is 2. The fraction of sp³-hybridized carbons (Fsp3) is 0.316. The molecule has 0 unspecified atom stereocenters. The maximum absolute atomic E-state index is 12.1. The molecule has 7 nitrogen and oxygen atoms in total. The van der Waals surface area contributed by atoms with Crippen LogP contribution in [-0.2, 0) is 9.53 Å². The smallest absolute Gasteiger partial charge is 0.337 e. The van der Waals surface area contributed by atoms with E-state index in [0.29, 0.717) is 17.0 Å². The molecule has 3 rings (SSSR count). The number of aromatic nitrogens is 2. The minimum absolute atomic E-state index is 0.159. The molecule has 0 bridgehead atoms. The maximum Gasteiger partial charge on any atom is 0.337 e. The molecule has 0 fully saturated rings. The molecule has 0 radical (unpaired) electrons. The average molecular weight is 386 g/mol. The average Bonchev–Trinajstić information content (AvgIpc) is 3.08. The molecule has 0 saturated carbocycles. The summed E-state index contributed by atoms with van der Waals surface area (Å²) in [6.45, 7) is 6.31. The van der Waals surface area contributed by atoms with Crippen LogP contribution in [0.3, 0.4) is 0 Å². The number of carbonyl (C=O) groups excluding carboxylic acids is 2. The van der Waals surface area contributed by atoms with E-state index in [2.05, 4.69) is 47.7 Å². The van der Waals surface area contributed by atoms with Gasteiger partial charge in [-0.1, -0.05) is 17.8 Å². The molecule has 2 aromatic rings. The van der Waals surface area contributed by atoms with E-state index in [4.69, 9.17) is 4.74 Å². The molecule has 2 amide bonds. The molecule has 0 saturated heterocycles. The highest BCUT2D eigenvalue weighted by atomic mass is 32.2. The number of urea groups is 1. The Hall–Kier alpha value is -2.74. The highest BCUT2D eigenvalue weighted by molar-refractivity contribution is 7.99. The fourth-order valence-electron chi connectivity index (χ4n) is 2.89. The van der Waals surface area contributed by atoms with E-state index in [-0.39, 0.29) is 19.2 Å². The van der Waals surface area contributed by atoms with Crippen molar-refractivity contribution in [2.75, 3.05) is 18.9 Å². The Morgan fingerprint density at radius 2 is 2.04 bits per heavy atom. The van der Waals surface area contributed by atoms with Crippen molar-refractivity contribution >= 4 is 23.8 Å². The number of ether oxygens (including phenoxy) is 1. The first-order chi connectivity index (χ1) is 13.0. The number of nitrogens with zero attached hydrogens (tertiary/aromatic N) is 2.